The van der Waals surface area contributed by atoms with E-state index < -0.39 is 0 Å². The minimum atomic E-state index is -0.377. The number of para-hydroxylation sites is 1. The van der Waals surface area contributed by atoms with Gasteiger partial charge in [0.25, 0.3) is 0 Å². The van der Waals surface area contributed by atoms with E-state index in [9.17, 15) is 4.79 Å². The Labute approximate surface area is 187 Å². The molecule has 0 atom stereocenters. The van der Waals surface area contributed by atoms with Crippen molar-refractivity contribution >= 4 is 43.3 Å². The molecule has 32 heavy (non-hydrogen) atoms. The zero-order valence-corrected chi connectivity index (χ0v) is 17.8. The Balaban J connectivity index is 1.31. The Bertz CT molecular complexity index is 1610. The average Bonchev–Trinajstić information content (AvgIpc) is 3.27. The van der Waals surface area contributed by atoms with Crippen molar-refractivity contribution in [3.8, 4) is 16.3 Å². The molecule has 4 nitrogen and oxygen atoms in total. The lowest BCUT2D eigenvalue weighted by atomic mass is 10.0. The van der Waals surface area contributed by atoms with E-state index >= 15 is 0 Å². The molecule has 4 aromatic carbocycles. The van der Waals surface area contributed by atoms with Crippen molar-refractivity contribution in [2.45, 2.75) is 6.61 Å². The monoisotopic (exact) mass is 435 g/mol. The molecule has 0 saturated heterocycles. The molecule has 154 valence electrons. The number of rotatable bonds is 4. The van der Waals surface area contributed by atoms with Gasteiger partial charge in [-0.2, -0.15) is 0 Å². The van der Waals surface area contributed by atoms with Gasteiger partial charge >= 0.3 is 5.63 Å². The normalized spacial score (nSPS) is 11.4. The van der Waals surface area contributed by atoms with E-state index in [1.807, 2.05) is 78.9 Å². The van der Waals surface area contributed by atoms with E-state index in [0.717, 1.165) is 43.6 Å². The maximum absolute atomic E-state index is 12.1. The van der Waals surface area contributed by atoms with Crippen molar-refractivity contribution in [1.82, 2.24) is 4.98 Å². The van der Waals surface area contributed by atoms with Crippen LogP contribution >= 0.6 is 11.3 Å². The highest BCUT2D eigenvalue weighted by atomic mass is 32.1. The molecule has 0 unspecified atom stereocenters. The molecule has 0 N–H and O–H groups in total. The molecule has 0 amide bonds. The summed E-state index contributed by atoms with van der Waals surface area (Å²) in [5, 5.41) is 4.03. The Hall–Kier alpha value is -3.96. The van der Waals surface area contributed by atoms with Crippen LogP contribution in [0.15, 0.2) is 100 Å². The first-order chi connectivity index (χ1) is 15.7. The zero-order valence-electron chi connectivity index (χ0n) is 16.9. The van der Waals surface area contributed by atoms with Crippen molar-refractivity contribution in [1.29, 1.82) is 0 Å². The van der Waals surface area contributed by atoms with Crippen LogP contribution in [0.2, 0.25) is 0 Å². The zero-order chi connectivity index (χ0) is 21.5. The van der Waals surface area contributed by atoms with Crippen LogP contribution in [0.3, 0.4) is 0 Å². The van der Waals surface area contributed by atoms with E-state index in [1.165, 1.54) is 10.8 Å². The lowest BCUT2D eigenvalue weighted by Crippen LogP contribution is -2.04. The molecule has 0 spiro atoms. The van der Waals surface area contributed by atoms with Crippen molar-refractivity contribution in [3.05, 3.63) is 107 Å². The fourth-order valence-corrected chi connectivity index (χ4v) is 4.96. The summed E-state index contributed by atoms with van der Waals surface area (Å²) in [6.07, 6.45) is 0. The number of benzene rings is 4. The summed E-state index contributed by atoms with van der Waals surface area (Å²) in [6.45, 7) is 0.274. The first kappa shape index (κ1) is 18.8. The number of hydrogen-bond donors (Lipinski definition) is 0. The number of fused-ring (bicyclic) bond motifs is 4. The van der Waals surface area contributed by atoms with Crippen LogP contribution in [0.1, 0.15) is 5.56 Å². The van der Waals surface area contributed by atoms with Gasteiger partial charge in [-0.25, -0.2) is 9.78 Å². The number of aromatic nitrogens is 1. The molecule has 6 aromatic rings. The highest BCUT2D eigenvalue weighted by Gasteiger charge is 2.11. The predicted octanol–water partition coefficient (Wildman–Crippen LogP) is 6.80. The van der Waals surface area contributed by atoms with Gasteiger partial charge in [-0.15, -0.1) is 11.3 Å². The molecule has 0 radical (unpaired) electrons. The maximum Gasteiger partial charge on any atom is 0.336 e. The molecular weight excluding hydrogens is 418 g/mol. The Morgan fingerprint density at radius 2 is 1.69 bits per heavy atom. The summed E-state index contributed by atoms with van der Waals surface area (Å²) in [5.74, 6) is 0.733. The van der Waals surface area contributed by atoms with E-state index in [2.05, 4.69) is 6.07 Å². The fourth-order valence-electron chi connectivity index (χ4n) is 3.98. The van der Waals surface area contributed by atoms with Gasteiger partial charge in [-0.3, -0.25) is 0 Å². The van der Waals surface area contributed by atoms with Gasteiger partial charge in [0.1, 0.15) is 22.9 Å². The first-order valence-corrected chi connectivity index (χ1v) is 11.1. The molecule has 0 saturated carbocycles. The summed E-state index contributed by atoms with van der Waals surface area (Å²) >= 11 is 1.67. The number of hydrogen-bond acceptors (Lipinski definition) is 5. The van der Waals surface area contributed by atoms with E-state index in [-0.39, 0.29) is 12.2 Å². The van der Waals surface area contributed by atoms with Crippen LogP contribution in [0, 0.1) is 0 Å². The third-order valence-electron chi connectivity index (χ3n) is 5.50. The second-order valence-corrected chi connectivity index (χ2v) is 8.58. The van der Waals surface area contributed by atoms with Gasteiger partial charge in [0, 0.05) is 22.6 Å². The summed E-state index contributed by atoms with van der Waals surface area (Å²) in [4.78, 5) is 16.8. The Morgan fingerprint density at radius 3 is 2.56 bits per heavy atom. The standard InChI is InChI=1S/C27H17NO3S/c29-25-15-19(26-21-6-2-1-5-17(21)11-14-23(26)31-25)16-30-20-12-9-18(10-13-20)27-28-22-7-3-4-8-24(22)32-27/h1-15H,16H2. The minimum Gasteiger partial charge on any atom is -0.489 e. The van der Waals surface area contributed by atoms with Crippen molar-refractivity contribution in [2.24, 2.45) is 0 Å². The van der Waals surface area contributed by atoms with Crippen LogP contribution in [0.25, 0.3) is 42.5 Å². The second kappa shape index (κ2) is 7.62. The molecule has 2 heterocycles. The Kier molecular flexibility index (Phi) is 4.47. The van der Waals surface area contributed by atoms with Gasteiger partial charge in [0.05, 0.1) is 10.2 Å². The summed E-state index contributed by atoms with van der Waals surface area (Å²) in [7, 11) is 0. The SMILES string of the molecule is O=c1cc(COc2ccc(-c3nc4ccccc4s3)cc2)c2c(ccc3ccccc32)o1. The van der Waals surface area contributed by atoms with E-state index in [0.29, 0.717) is 5.58 Å². The van der Waals surface area contributed by atoms with Crippen molar-refractivity contribution in [2.75, 3.05) is 0 Å². The molecule has 0 aliphatic rings. The second-order valence-electron chi connectivity index (χ2n) is 7.55. The third kappa shape index (κ3) is 3.33. The van der Waals surface area contributed by atoms with Gasteiger partial charge in [0.15, 0.2) is 0 Å². The average molecular weight is 436 g/mol. The Morgan fingerprint density at radius 1 is 0.875 bits per heavy atom. The highest BCUT2D eigenvalue weighted by molar-refractivity contribution is 7.21. The largest absolute Gasteiger partial charge is 0.489 e. The lowest BCUT2D eigenvalue weighted by molar-refractivity contribution is 0.307. The third-order valence-corrected chi connectivity index (χ3v) is 6.59. The topological polar surface area (TPSA) is 52.3 Å². The summed E-state index contributed by atoms with van der Waals surface area (Å²) in [5.41, 5.74) is 3.06. The smallest absolute Gasteiger partial charge is 0.336 e. The molecule has 0 aliphatic carbocycles. The van der Waals surface area contributed by atoms with Gasteiger partial charge in [-0.05, 0) is 53.2 Å². The summed E-state index contributed by atoms with van der Waals surface area (Å²) < 4.78 is 12.7. The molecular formula is C27H17NO3S. The first-order valence-electron chi connectivity index (χ1n) is 10.3. The van der Waals surface area contributed by atoms with Crippen molar-refractivity contribution in [3.63, 3.8) is 0 Å². The summed E-state index contributed by atoms with van der Waals surface area (Å²) in [6, 6.07) is 29.4. The lowest BCUT2D eigenvalue weighted by Gasteiger charge is -2.10. The molecule has 2 aromatic heterocycles. The van der Waals surface area contributed by atoms with Crippen LogP contribution in [0.5, 0.6) is 5.75 Å². The number of thiazole rings is 1. The molecule has 0 aliphatic heterocycles. The quantitative estimate of drug-likeness (QED) is 0.226. The molecule has 6 rings (SSSR count). The van der Waals surface area contributed by atoms with Crippen molar-refractivity contribution < 1.29 is 9.15 Å². The van der Waals surface area contributed by atoms with Crippen LogP contribution in [-0.2, 0) is 6.61 Å². The van der Waals surface area contributed by atoms with Gasteiger partial charge < -0.3 is 9.15 Å². The van der Waals surface area contributed by atoms with Gasteiger partial charge in [0.2, 0.25) is 0 Å². The predicted molar refractivity (Wildman–Crippen MR) is 129 cm³/mol. The van der Waals surface area contributed by atoms with Crippen LogP contribution in [0.4, 0.5) is 0 Å². The van der Waals surface area contributed by atoms with Gasteiger partial charge in [-0.1, -0.05) is 42.5 Å². The minimum absolute atomic E-state index is 0.274. The van der Waals surface area contributed by atoms with Crippen LogP contribution in [-0.4, -0.2) is 4.98 Å². The highest BCUT2D eigenvalue weighted by Crippen LogP contribution is 2.32. The number of ether oxygens (including phenoxy) is 1. The molecule has 5 heteroatoms. The fraction of sp³-hybridized carbons (Fsp3) is 0.0370. The van der Waals surface area contributed by atoms with E-state index in [1.54, 1.807) is 11.3 Å². The molecule has 0 fully saturated rings. The maximum atomic E-state index is 12.1. The molecule has 0 bridgehead atoms. The number of nitrogens with zero attached hydrogens (tertiary/aromatic N) is 1. The van der Waals surface area contributed by atoms with Crippen LogP contribution < -0.4 is 10.4 Å². The van der Waals surface area contributed by atoms with E-state index in [4.69, 9.17) is 14.1 Å².